The van der Waals surface area contributed by atoms with Crippen LogP contribution in [0.3, 0.4) is 0 Å². The molecule has 0 unspecified atom stereocenters. The number of aryl methyl sites for hydroxylation is 1. The van der Waals surface area contributed by atoms with E-state index in [2.05, 4.69) is 5.10 Å². The summed E-state index contributed by atoms with van der Waals surface area (Å²) in [5.41, 5.74) is 3.98. The number of hydrogen-bond donors (Lipinski definition) is 0. The molecule has 0 saturated carbocycles. The van der Waals surface area contributed by atoms with Crippen LogP contribution < -0.4 is 0 Å². The first kappa shape index (κ1) is 13.1. The first-order valence-electron chi connectivity index (χ1n) is 6.51. The van der Waals surface area contributed by atoms with Gasteiger partial charge < -0.3 is 0 Å². The number of rotatable bonds is 3. The van der Waals surface area contributed by atoms with Crippen molar-refractivity contribution in [1.29, 1.82) is 0 Å². The van der Waals surface area contributed by atoms with Crippen LogP contribution in [0.5, 0.6) is 0 Å². The van der Waals surface area contributed by atoms with E-state index in [0.717, 1.165) is 22.5 Å². The molecule has 2 aromatic carbocycles. The predicted octanol–water partition coefficient (Wildman–Crippen LogP) is 3.76. The molecular weight excluding hydrogens is 266 g/mol. The van der Waals surface area contributed by atoms with Gasteiger partial charge in [0, 0.05) is 17.7 Å². The van der Waals surface area contributed by atoms with Gasteiger partial charge in [0.05, 0.1) is 22.5 Å². The molecular formula is C16H13N3O2. The van der Waals surface area contributed by atoms with Gasteiger partial charge in [0.25, 0.3) is 5.69 Å². The third-order valence-electron chi connectivity index (χ3n) is 3.30. The third kappa shape index (κ3) is 2.41. The molecule has 0 saturated heterocycles. The number of aromatic nitrogens is 2. The fourth-order valence-electron chi connectivity index (χ4n) is 2.29. The molecule has 0 aliphatic heterocycles. The van der Waals surface area contributed by atoms with E-state index in [9.17, 15) is 10.1 Å². The van der Waals surface area contributed by atoms with E-state index in [0.29, 0.717) is 0 Å². The summed E-state index contributed by atoms with van der Waals surface area (Å²) >= 11 is 0. The van der Waals surface area contributed by atoms with Crippen LogP contribution in [0.1, 0.15) is 5.56 Å². The average molecular weight is 279 g/mol. The van der Waals surface area contributed by atoms with Crippen molar-refractivity contribution in [3.63, 3.8) is 0 Å². The zero-order chi connectivity index (χ0) is 14.8. The van der Waals surface area contributed by atoms with E-state index in [1.807, 2.05) is 37.3 Å². The molecule has 0 aliphatic carbocycles. The van der Waals surface area contributed by atoms with E-state index in [-0.39, 0.29) is 5.69 Å². The average Bonchev–Trinajstić information content (AvgIpc) is 2.90. The quantitative estimate of drug-likeness (QED) is 0.541. The molecule has 0 fully saturated rings. The van der Waals surface area contributed by atoms with Gasteiger partial charge in [-0.1, -0.05) is 30.3 Å². The summed E-state index contributed by atoms with van der Waals surface area (Å²) in [7, 11) is 0. The highest BCUT2D eigenvalue weighted by molar-refractivity contribution is 5.65. The van der Waals surface area contributed by atoms with Crippen molar-refractivity contribution in [1.82, 2.24) is 9.78 Å². The number of hydrogen-bond acceptors (Lipinski definition) is 3. The van der Waals surface area contributed by atoms with Crippen LogP contribution in [-0.4, -0.2) is 14.7 Å². The van der Waals surface area contributed by atoms with Gasteiger partial charge in [0.1, 0.15) is 0 Å². The fourth-order valence-corrected chi connectivity index (χ4v) is 2.29. The molecule has 0 aliphatic rings. The molecule has 5 heteroatoms. The maximum atomic E-state index is 10.7. The molecule has 0 N–H and O–H groups in total. The first-order valence-corrected chi connectivity index (χ1v) is 6.51. The Balaban J connectivity index is 2.10. The summed E-state index contributed by atoms with van der Waals surface area (Å²) in [6, 6.07) is 16.3. The van der Waals surface area contributed by atoms with Crippen LogP contribution in [-0.2, 0) is 0 Å². The molecule has 0 atom stereocenters. The summed E-state index contributed by atoms with van der Waals surface area (Å²) in [5.74, 6) is 0. The van der Waals surface area contributed by atoms with Crippen molar-refractivity contribution in [3.05, 3.63) is 76.5 Å². The normalized spacial score (nSPS) is 10.5. The summed E-state index contributed by atoms with van der Waals surface area (Å²) in [4.78, 5) is 10.3. The molecule has 0 radical (unpaired) electrons. The number of non-ortho nitro benzene ring substituents is 1. The Bertz CT molecular complexity index is 777. The lowest BCUT2D eigenvalue weighted by Gasteiger charge is -2.08. The van der Waals surface area contributed by atoms with E-state index in [1.54, 1.807) is 23.0 Å². The predicted molar refractivity (Wildman–Crippen MR) is 80.4 cm³/mol. The van der Waals surface area contributed by atoms with E-state index in [4.69, 9.17) is 0 Å². The number of nitro benzene ring substituents is 1. The van der Waals surface area contributed by atoms with Crippen LogP contribution in [0.2, 0.25) is 0 Å². The zero-order valence-electron chi connectivity index (χ0n) is 11.4. The highest BCUT2D eigenvalue weighted by Gasteiger charge is 2.12. The number of benzene rings is 2. The molecule has 104 valence electrons. The molecule has 0 spiro atoms. The second-order valence-corrected chi connectivity index (χ2v) is 4.73. The molecule has 1 heterocycles. The van der Waals surface area contributed by atoms with E-state index >= 15 is 0 Å². The smallest absolute Gasteiger partial charge is 0.258 e. The largest absolute Gasteiger partial charge is 0.269 e. The van der Waals surface area contributed by atoms with Crippen LogP contribution in [0, 0.1) is 17.0 Å². The lowest BCUT2D eigenvalue weighted by atomic mass is 10.1. The second-order valence-electron chi connectivity index (χ2n) is 4.73. The highest BCUT2D eigenvalue weighted by Crippen LogP contribution is 2.26. The Morgan fingerprint density at radius 1 is 1.05 bits per heavy atom. The minimum atomic E-state index is -0.407. The van der Waals surface area contributed by atoms with Crippen molar-refractivity contribution in [2.75, 3.05) is 0 Å². The first-order chi connectivity index (χ1) is 10.2. The summed E-state index contributed by atoms with van der Waals surface area (Å²) < 4.78 is 1.80. The van der Waals surface area contributed by atoms with Crippen molar-refractivity contribution in [2.24, 2.45) is 0 Å². The molecule has 0 amide bonds. The number of nitrogens with zero attached hydrogens (tertiary/aromatic N) is 3. The molecule has 21 heavy (non-hydrogen) atoms. The molecule has 3 rings (SSSR count). The van der Waals surface area contributed by atoms with E-state index in [1.165, 1.54) is 12.1 Å². The van der Waals surface area contributed by atoms with Crippen molar-refractivity contribution in [3.8, 4) is 16.9 Å². The molecule has 0 bridgehead atoms. The minimum Gasteiger partial charge on any atom is -0.258 e. The van der Waals surface area contributed by atoms with Gasteiger partial charge in [0.2, 0.25) is 0 Å². The second kappa shape index (κ2) is 5.20. The van der Waals surface area contributed by atoms with Crippen LogP contribution in [0.15, 0.2) is 60.8 Å². The Labute approximate surface area is 121 Å². The van der Waals surface area contributed by atoms with Gasteiger partial charge in [-0.2, -0.15) is 5.10 Å². The van der Waals surface area contributed by atoms with Crippen LogP contribution >= 0.6 is 0 Å². The lowest BCUT2D eigenvalue weighted by molar-refractivity contribution is -0.384. The maximum Gasteiger partial charge on any atom is 0.269 e. The zero-order valence-corrected chi connectivity index (χ0v) is 11.4. The van der Waals surface area contributed by atoms with Gasteiger partial charge in [0.15, 0.2) is 0 Å². The highest BCUT2D eigenvalue weighted by atomic mass is 16.6. The lowest BCUT2D eigenvalue weighted by Crippen LogP contribution is -1.99. The number of nitro groups is 1. The van der Waals surface area contributed by atoms with Crippen molar-refractivity contribution in [2.45, 2.75) is 6.92 Å². The Kier molecular flexibility index (Phi) is 3.23. The summed E-state index contributed by atoms with van der Waals surface area (Å²) in [6.07, 6.45) is 1.80. The van der Waals surface area contributed by atoms with Crippen LogP contribution in [0.4, 0.5) is 5.69 Å². The topological polar surface area (TPSA) is 61.0 Å². The molecule has 5 nitrogen and oxygen atoms in total. The monoisotopic (exact) mass is 279 g/mol. The molecule has 3 aromatic rings. The van der Waals surface area contributed by atoms with Crippen molar-refractivity contribution >= 4 is 5.69 Å². The Morgan fingerprint density at radius 2 is 1.71 bits per heavy atom. The summed E-state index contributed by atoms with van der Waals surface area (Å²) in [5, 5.41) is 15.1. The van der Waals surface area contributed by atoms with Gasteiger partial charge >= 0.3 is 0 Å². The molecule has 1 aromatic heterocycles. The van der Waals surface area contributed by atoms with Crippen LogP contribution in [0.25, 0.3) is 16.9 Å². The van der Waals surface area contributed by atoms with E-state index < -0.39 is 4.92 Å². The standard InChI is InChI=1S/C16H13N3O2/c1-12-11-17-18(16(12)13-5-3-2-4-6-13)14-7-9-15(10-8-14)19(20)21/h2-11H,1H3. The van der Waals surface area contributed by atoms with Gasteiger partial charge in [-0.05, 0) is 24.6 Å². The van der Waals surface area contributed by atoms with Gasteiger partial charge in [-0.25, -0.2) is 4.68 Å². The SMILES string of the molecule is Cc1cnn(-c2ccc([N+](=O)[O-])cc2)c1-c1ccccc1. The van der Waals surface area contributed by atoms with Gasteiger partial charge in [-0.3, -0.25) is 10.1 Å². The Morgan fingerprint density at radius 3 is 2.33 bits per heavy atom. The van der Waals surface area contributed by atoms with Gasteiger partial charge in [-0.15, -0.1) is 0 Å². The summed E-state index contributed by atoms with van der Waals surface area (Å²) in [6.45, 7) is 2.00. The third-order valence-corrected chi connectivity index (χ3v) is 3.30. The fraction of sp³-hybridized carbons (Fsp3) is 0.0625. The van der Waals surface area contributed by atoms with Crippen molar-refractivity contribution < 1.29 is 4.92 Å². The maximum absolute atomic E-state index is 10.7. The Hall–Kier alpha value is -2.95. The minimum absolute atomic E-state index is 0.0730.